The van der Waals surface area contributed by atoms with E-state index in [1.807, 2.05) is 0 Å². The van der Waals surface area contributed by atoms with Gasteiger partial charge in [-0.2, -0.15) is 0 Å². The number of nitrogens with zero attached hydrogens (tertiary/aromatic N) is 1. The highest BCUT2D eigenvalue weighted by Gasteiger charge is 2.37. The Morgan fingerprint density at radius 1 is 1.38 bits per heavy atom. The Hall–Kier alpha value is 0.340. The van der Waals surface area contributed by atoms with Gasteiger partial charge in [-0.1, -0.05) is 18.0 Å². The molecular weight excluding hydrogens is 396 g/mol. The first-order valence-corrected chi connectivity index (χ1v) is 10.5. The van der Waals surface area contributed by atoms with Gasteiger partial charge in [-0.3, -0.25) is 0 Å². The third kappa shape index (κ3) is 3.33. The maximum absolute atomic E-state index is 12.5. The summed E-state index contributed by atoms with van der Waals surface area (Å²) in [7, 11) is -1.31. The molecule has 2 aliphatic rings. The van der Waals surface area contributed by atoms with Crippen LogP contribution in [0.25, 0.3) is 0 Å². The number of thiophene rings is 1. The molecule has 0 spiro atoms. The molecule has 2 unspecified atom stereocenters. The fourth-order valence-corrected chi connectivity index (χ4v) is 7.13. The van der Waals surface area contributed by atoms with Crippen molar-refractivity contribution in [2.75, 3.05) is 7.05 Å². The van der Waals surface area contributed by atoms with Crippen molar-refractivity contribution in [1.29, 1.82) is 0 Å². The Balaban J connectivity index is 1.74. The largest absolute Gasteiger partial charge is 0.300 e. The van der Waals surface area contributed by atoms with E-state index in [9.17, 15) is 8.42 Å². The van der Waals surface area contributed by atoms with Gasteiger partial charge < -0.3 is 4.90 Å². The van der Waals surface area contributed by atoms with E-state index in [1.165, 1.54) is 25.3 Å². The van der Waals surface area contributed by atoms with Crippen molar-refractivity contribution in [3.05, 3.63) is 14.9 Å². The van der Waals surface area contributed by atoms with Gasteiger partial charge in [0.15, 0.2) is 0 Å². The molecule has 0 aliphatic carbocycles. The van der Waals surface area contributed by atoms with E-state index in [-0.39, 0.29) is 10.3 Å². The average molecular weight is 414 g/mol. The Morgan fingerprint density at radius 2 is 2.00 bits per heavy atom. The molecule has 118 valence electrons. The van der Waals surface area contributed by atoms with Crippen LogP contribution in [0.4, 0.5) is 0 Å². The second-order valence-electron chi connectivity index (χ2n) is 5.88. The van der Waals surface area contributed by atoms with Crippen LogP contribution >= 0.6 is 38.9 Å². The molecule has 3 heterocycles. The minimum atomic E-state index is -3.47. The first-order chi connectivity index (χ1) is 9.87. The lowest BCUT2D eigenvalue weighted by atomic mass is 9.83. The van der Waals surface area contributed by atoms with Crippen LogP contribution in [-0.4, -0.2) is 38.5 Å². The van der Waals surface area contributed by atoms with Gasteiger partial charge in [-0.05, 0) is 54.7 Å². The van der Waals surface area contributed by atoms with Crippen LogP contribution in [0.15, 0.2) is 14.1 Å². The van der Waals surface area contributed by atoms with E-state index < -0.39 is 10.0 Å². The van der Waals surface area contributed by atoms with Crippen LogP contribution in [-0.2, 0) is 10.0 Å². The van der Waals surface area contributed by atoms with Gasteiger partial charge in [0.05, 0.1) is 8.81 Å². The van der Waals surface area contributed by atoms with Crippen molar-refractivity contribution >= 4 is 48.9 Å². The number of fused-ring (bicyclic) bond motifs is 2. The molecule has 2 fully saturated rings. The van der Waals surface area contributed by atoms with Crippen LogP contribution in [0, 0.1) is 0 Å². The lowest BCUT2D eigenvalue weighted by molar-refractivity contribution is 0.0536. The first-order valence-electron chi connectivity index (χ1n) is 7.06. The zero-order valence-electron chi connectivity index (χ0n) is 11.7. The highest BCUT2D eigenvalue weighted by molar-refractivity contribution is 9.11. The molecule has 3 rings (SSSR count). The Kier molecular flexibility index (Phi) is 4.70. The summed E-state index contributed by atoms with van der Waals surface area (Å²) in [5.41, 5.74) is 0. The summed E-state index contributed by atoms with van der Waals surface area (Å²) in [6.07, 6.45) is 5.38. The van der Waals surface area contributed by atoms with Gasteiger partial charge in [0.25, 0.3) is 0 Å². The number of piperidine rings is 2. The molecule has 8 heteroatoms. The lowest BCUT2D eigenvalue weighted by Gasteiger charge is -2.47. The summed E-state index contributed by atoms with van der Waals surface area (Å²) in [6, 6.07) is 2.54. The van der Waals surface area contributed by atoms with Crippen molar-refractivity contribution in [2.45, 2.75) is 54.4 Å². The maximum atomic E-state index is 12.5. The van der Waals surface area contributed by atoms with Crippen LogP contribution in [0.1, 0.15) is 32.1 Å². The molecule has 1 aromatic rings. The third-order valence-corrected chi connectivity index (χ3v) is 9.02. The van der Waals surface area contributed by atoms with Gasteiger partial charge in [0.1, 0.15) is 4.21 Å². The van der Waals surface area contributed by atoms with Crippen molar-refractivity contribution in [1.82, 2.24) is 9.62 Å². The molecule has 1 aromatic heterocycles. The lowest BCUT2D eigenvalue weighted by Crippen LogP contribution is -2.55. The predicted octanol–water partition coefficient (Wildman–Crippen LogP) is 3.46. The zero-order chi connectivity index (χ0) is 15.2. The van der Waals surface area contributed by atoms with Crippen LogP contribution < -0.4 is 4.72 Å². The molecule has 0 radical (unpaired) electrons. The summed E-state index contributed by atoms with van der Waals surface area (Å²) in [5, 5.41) is 0.445. The van der Waals surface area contributed by atoms with Crippen molar-refractivity contribution in [2.24, 2.45) is 0 Å². The molecule has 0 aromatic carbocycles. The maximum Gasteiger partial charge on any atom is 0.250 e. The fraction of sp³-hybridized carbons (Fsp3) is 0.692. The quantitative estimate of drug-likeness (QED) is 0.825. The van der Waals surface area contributed by atoms with Gasteiger partial charge in [-0.25, -0.2) is 13.1 Å². The smallest absolute Gasteiger partial charge is 0.250 e. The van der Waals surface area contributed by atoms with E-state index in [0.717, 1.165) is 24.2 Å². The summed E-state index contributed by atoms with van der Waals surface area (Å²) < 4.78 is 28.8. The number of sulfonamides is 1. The van der Waals surface area contributed by atoms with E-state index >= 15 is 0 Å². The van der Waals surface area contributed by atoms with Gasteiger partial charge in [0, 0.05) is 18.1 Å². The van der Waals surface area contributed by atoms with Crippen LogP contribution in [0.3, 0.4) is 0 Å². The zero-order valence-corrected chi connectivity index (χ0v) is 15.7. The normalized spacial score (nSPS) is 30.5. The minimum absolute atomic E-state index is 0.0288. The summed E-state index contributed by atoms with van der Waals surface area (Å²) in [5.74, 6) is 0. The van der Waals surface area contributed by atoms with Crippen molar-refractivity contribution in [3.8, 4) is 0 Å². The average Bonchev–Trinajstić information content (AvgIpc) is 2.72. The highest BCUT2D eigenvalue weighted by atomic mass is 79.9. The minimum Gasteiger partial charge on any atom is -0.300 e. The van der Waals surface area contributed by atoms with E-state index in [2.05, 4.69) is 32.6 Å². The first kappa shape index (κ1) is 16.2. The monoisotopic (exact) mass is 412 g/mol. The van der Waals surface area contributed by atoms with Crippen molar-refractivity contribution in [3.63, 3.8) is 0 Å². The van der Waals surface area contributed by atoms with Crippen LogP contribution in [0.5, 0.6) is 0 Å². The summed E-state index contributed by atoms with van der Waals surface area (Å²) >= 11 is 10.4. The highest BCUT2D eigenvalue weighted by Crippen LogP contribution is 2.36. The van der Waals surface area contributed by atoms with Crippen LogP contribution in [0.2, 0.25) is 5.02 Å². The standard InChI is InChI=1S/C13H18BrClN2O2S2/c1-17-9-3-2-4-10(17)6-8(5-9)16-21(18,19)12-7-11(15)13(14)20-12/h7-10,16H,2-6H2,1H3. The number of nitrogens with one attached hydrogen (secondary N) is 1. The van der Waals surface area contributed by atoms with E-state index in [0.29, 0.717) is 20.9 Å². The molecule has 0 amide bonds. The summed E-state index contributed by atoms with van der Waals surface area (Å²) in [4.78, 5) is 2.42. The third-order valence-electron chi connectivity index (χ3n) is 4.55. The Labute approximate surface area is 143 Å². The number of rotatable bonds is 3. The fourth-order valence-electron chi connectivity index (χ4n) is 3.45. The second-order valence-corrected chi connectivity index (χ2v) is 10.6. The SMILES string of the molecule is CN1C2CCCC1CC(NS(=O)(=O)c1cc(Cl)c(Br)s1)C2. The molecular formula is C13H18BrClN2O2S2. The van der Waals surface area contributed by atoms with Gasteiger partial charge in [-0.15, -0.1) is 11.3 Å². The molecule has 2 bridgehead atoms. The van der Waals surface area contributed by atoms with Gasteiger partial charge >= 0.3 is 0 Å². The van der Waals surface area contributed by atoms with E-state index in [1.54, 1.807) is 0 Å². The molecule has 1 N–H and O–H groups in total. The second kappa shape index (κ2) is 6.09. The van der Waals surface area contributed by atoms with Gasteiger partial charge in [0.2, 0.25) is 10.0 Å². The predicted molar refractivity (Wildman–Crippen MR) is 89.6 cm³/mol. The number of hydrogen-bond acceptors (Lipinski definition) is 4. The Morgan fingerprint density at radius 3 is 2.52 bits per heavy atom. The molecule has 21 heavy (non-hydrogen) atoms. The topological polar surface area (TPSA) is 49.4 Å². The molecule has 2 saturated heterocycles. The number of hydrogen-bond donors (Lipinski definition) is 1. The van der Waals surface area contributed by atoms with Crippen molar-refractivity contribution < 1.29 is 8.42 Å². The molecule has 2 aliphatic heterocycles. The molecule has 2 atom stereocenters. The molecule has 4 nitrogen and oxygen atoms in total. The Bertz CT molecular complexity index is 601. The van der Waals surface area contributed by atoms with E-state index in [4.69, 9.17) is 11.6 Å². The molecule has 0 saturated carbocycles. The summed E-state index contributed by atoms with van der Waals surface area (Å²) in [6.45, 7) is 0. The number of halogens is 2.